The molecule has 0 aliphatic rings. The summed E-state index contributed by atoms with van der Waals surface area (Å²) >= 11 is 0. The molecule has 0 amide bonds. The number of nitrogens with zero attached hydrogens (tertiary/aromatic N) is 1. The average molecular weight is 508 g/mol. The molecule has 0 heterocycles. The summed E-state index contributed by atoms with van der Waals surface area (Å²) in [5.41, 5.74) is 0.504. The van der Waals surface area contributed by atoms with Gasteiger partial charge in [-0.05, 0) is 29.8 Å². The number of benzene rings is 2. The predicted molar refractivity (Wildman–Crippen MR) is 127 cm³/mol. The van der Waals surface area contributed by atoms with Gasteiger partial charge in [-0.15, -0.1) is 6.42 Å². The molecule has 0 aliphatic heterocycles. The van der Waals surface area contributed by atoms with Gasteiger partial charge in [0.15, 0.2) is 0 Å². The molecule has 180 valence electrons. The molecule has 0 radical (unpaired) electrons. The fraction of sp³-hybridized carbons (Fsp3) is 0.273. The zero-order chi connectivity index (χ0) is 24.6. The lowest BCUT2D eigenvalue weighted by Crippen LogP contribution is -2.12. The van der Waals surface area contributed by atoms with Crippen LogP contribution >= 0.6 is 21.6 Å². The van der Waals surface area contributed by atoms with Crippen LogP contribution in [0, 0.1) is 22.5 Å². The lowest BCUT2D eigenvalue weighted by Gasteiger charge is -2.08. The van der Waals surface area contributed by atoms with E-state index in [4.69, 9.17) is 30.1 Å². The molecular formula is C22H21NO9S2. The molecule has 12 heteroatoms. The first-order valence-electron chi connectivity index (χ1n) is 9.76. The number of carbonyl (C=O) groups is 2. The van der Waals surface area contributed by atoms with Gasteiger partial charge < -0.3 is 23.7 Å². The van der Waals surface area contributed by atoms with Crippen molar-refractivity contribution in [2.75, 3.05) is 31.3 Å². The zero-order valence-electron chi connectivity index (χ0n) is 17.9. The van der Waals surface area contributed by atoms with Crippen molar-refractivity contribution in [3.63, 3.8) is 0 Å². The van der Waals surface area contributed by atoms with E-state index in [0.29, 0.717) is 24.5 Å². The van der Waals surface area contributed by atoms with Crippen molar-refractivity contribution in [2.24, 2.45) is 0 Å². The van der Waals surface area contributed by atoms with Crippen LogP contribution in [0.25, 0.3) is 0 Å². The smallest absolute Gasteiger partial charge is 0.433 e. The number of rotatable bonds is 13. The SMILES string of the molecule is C#CCOCCSSCCOC(=O)Oc1ccc(COC(=O)Oc2ccc([N+](=O)[O-])cc2)cc1. The number of hydrogen-bond donors (Lipinski definition) is 0. The van der Waals surface area contributed by atoms with E-state index in [9.17, 15) is 19.7 Å². The summed E-state index contributed by atoms with van der Waals surface area (Å²) in [4.78, 5) is 33.6. The molecule has 0 unspecified atom stereocenters. The normalized spacial score (nSPS) is 10.1. The van der Waals surface area contributed by atoms with Gasteiger partial charge in [0.2, 0.25) is 0 Å². The third-order valence-electron chi connectivity index (χ3n) is 3.70. The van der Waals surface area contributed by atoms with Gasteiger partial charge in [-0.25, -0.2) is 9.59 Å². The fourth-order valence-corrected chi connectivity index (χ4v) is 3.87. The van der Waals surface area contributed by atoms with Gasteiger partial charge in [0.05, 0.1) is 11.5 Å². The lowest BCUT2D eigenvalue weighted by atomic mass is 10.2. The summed E-state index contributed by atoms with van der Waals surface area (Å²) < 4.78 is 25.2. The minimum Gasteiger partial charge on any atom is -0.433 e. The van der Waals surface area contributed by atoms with Crippen LogP contribution in [0.1, 0.15) is 5.56 Å². The Kier molecular flexibility index (Phi) is 12.2. The van der Waals surface area contributed by atoms with Crippen molar-refractivity contribution in [3.8, 4) is 23.8 Å². The van der Waals surface area contributed by atoms with E-state index in [-0.39, 0.29) is 30.4 Å². The summed E-state index contributed by atoms with van der Waals surface area (Å²) in [5, 5.41) is 10.6. The number of hydrogen-bond acceptors (Lipinski definition) is 11. The molecule has 0 fully saturated rings. The van der Waals surface area contributed by atoms with Crippen molar-refractivity contribution in [1.82, 2.24) is 0 Å². The van der Waals surface area contributed by atoms with Crippen LogP contribution in [0.15, 0.2) is 48.5 Å². The van der Waals surface area contributed by atoms with Crippen LogP contribution in [-0.2, 0) is 20.8 Å². The highest BCUT2D eigenvalue weighted by molar-refractivity contribution is 8.76. The van der Waals surface area contributed by atoms with Crippen LogP contribution in [-0.4, -0.2) is 48.6 Å². The summed E-state index contributed by atoms with van der Waals surface area (Å²) in [7, 11) is 3.14. The highest BCUT2D eigenvalue weighted by atomic mass is 33.1. The largest absolute Gasteiger partial charge is 0.514 e. The van der Waals surface area contributed by atoms with Gasteiger partial charge in [-0.1, -0.05) is 39.6 Å². The molecule has 10 nitrogen and oxygen atoms in total. The first-order valence-corrected chi connectivity index (χ1v) is 12.2. The molecule has 2 rings (SSSR count). The summed E-state index contributed by atoms with van der Waals surface area (Å²) in [5.74, 6) is 4.15. The Bertz CT molecular complexity index is 975. The lowest BCUT2D eigenvalue weighted by molar-refractivity contribution is -0.384. The number of non-ortho nitro benzene ring substituents is 1. The van der Waals surface area contributed by atoms with Crippen molar-refractivity contribution in [3.05, 3.63) is 64.2 Å². The van der Waals surface area contributed by atoms with Crippen LogP contribution in [0.2, 0.25) is 0 Å². The molecule has 0 N–H and O–H groups in total. The van der Waals surface area contributed by atoms with Crippen molar-refractivity contribution in [2.45, 2.75) is 6.61 Å². The first-order chi connectivity index (χ1) is 16.5. The Morgan fingerprint density at radius 3 is 2.03 bits per heavy atom. The number of nitro groups is 1. The van der Waals surface area contributed by atoms with E-state index in [1.54, 1.807) is 33.7 Å². The number of carbonyl (C=O) groups excluding carboxylic acids is 2. The maximum atomic E-state index is 11.8. The molecule has 0 aromatic heterocycles. The molecule has 34 heavy (non-hydrogen) atoms. The first kappa shape index (κ1) is 26.8. The van der Waals surface area contributed by atoms with E-state index in [2.05, 4.69) is 5.92 Å². The van der Waals surface area contributed by atoms with Crippen LogP contribution in [0.5, 0.6) is 11.5 Å². The van der Waals surface area contributed by atoms with Gasteiger partial charge >= 0.3 is 12.3 Å². The maximum absolute atomic E-state index is 11.8. The topological polar surface area (TPSA) is 123 Å². The summed E-state index contributed by atoms with van der Waals surface area (Å²) in [6.07, 6.45) is 3.29. The third-order valence-corrected chi connectivity index (χ3v) is 6.03. The standard InChI is InChI=1S/C22H21NO9S2/c1-2-11-28-12-14-33-34-15-13-29-21(24)31-19-7-3-17(4-8-19)16-30-22(25)32-20-9-5-18(6-10-20)23(26)27/h1,3-10H,11-16H2. The van der Waals surface area contributed by atoms with E-state index in [1.165, 1.54) is 36.4 Å². The van der Waals surface area contributed by atoms with Crippen molar-refractivity contribution in [1.29, 1.82) is 0 Å². The van der Waals surface area contributed by atoms with E-state index in [1.807, 2.05) is 0 Å². The molecule has 2 aromatic carbocycles. The number of nitro benzene ring substituents is 1. The second-order valence-electron chi connectivity index (χ2n) is 6.14. The number of terminal acetylenes is 1. The Morgan fingerprint density at radius 2 is 1.44 bits per heavy atom. The molecule has 0 spiro atoms. The molecule has 0 aliphatic carbocycles. The second kappa shape index (κ2) is 15.4. The van der Waals surface area contributed by atoms with Crippen LogP contribution in [0.4, 0.5) is 15.3 Å². The number of ether oxygens (including phenoxy) is 5. The molecule has 2 aromatic rings. The Morgan fingerprint density at radius 1 is 0.882 bits per heavy atom. The molecule has 0 saturated heterocycles. The Balaban J connectivity index is 1.61. The van der Waals surface area contributed by atoms with Gasteiger partial charge in [-0.3, -0.25) is 10.1 Å². The van der Waals surface area contributed by atoms with Crippen molar-refractivity contribution >= 4 is 39.6 Å². The quantitative estimate of drug-likeness (QED) is 0.0702. The summed E-state index contributed by atoms with van der Waals surface area (Å²) in [6.45, 7) is 0.974. The fourth-order valence-electron chi connectivity index (χ4n) is 2.18. The Labute approximate surface area is 203 Å². The zero-order valence-corrected chi connectivity index (χ0v) is 19.5. The summed E-state index contributed by atoms with van der Waals surface area (Å²) in [6, 6.07) is 11.3. The molecule has 0 bridgehead atoms. The molecular weight excluding hydrogens is 486 g/mol. The van der Waals surface area contributed by atoms with Gasteiger partial charge in [0, 0.05) is 23.6 Å². The van der Waals surface area contributed by atoms with Gasteiger partial charge in [0.25, 0.3) is 5.69 Å². The Hall–Kier alpha value is -3.40. The van der Waals surface area contributed by atoms with Crippen LogP contribution < -0.4 is 9.47 Å². The van der Waals surface area contributed by atoms with Gasteiger partial charge in [0.1, 0.15) is 31.3 Å². The maximum Gasteiger partial charge on any atom is 0.514 e. The minimum atomic E-state index is -0.964. The monoisotopic (exact) mass is 507 g/mol. The van der Waals surface area contributed by atoms with Crippen molar-refractivity contribution < 1.29 is 38.2 Å². The minimum absolute atomic E-state index is 0.0841. The average Bonchev–Trinajstić information content (AvgIpc) is 2.83. The second-order valence-corrected chi connectivity index (χ2v) is 8.84. The predicted octanol–water partition coefficient (Wildman–Crippen LogP) is 4.86. The highest BCUT2D eigenvalue weighted by Gasteiger charge is 2.10. The van der Waals surface area contributed by atoms with Gasteiger partial charge in [-0.2, -0.15) is 0 Å². The highest BCUT2D eigenvalue weighted by Crippen LogP contribution is 2.21. The van der Waals surface area contributed by atoms with E-state index in [0.717, 1.165) is 5.75 Å². The van der Waals surface area contributed by atoms with E-state index < -0.39 is 17.2 Å². The molecule has 0 saturated carbocycles. The van der Waals surface area contributed by atoms with E-state index >= 15 is 0 Å². The third kappa shape index (κ3) is 11.0. The van der Waals surface area contributed by atoms with Crippen LogP contribution in [0.3, 0.4) is 0 Å². The molecule has 0 atom stereocenters.